The van der Waals surface area contributed by atoms with Gasteiger partial charge in [0.05, 0.1) is 22.1 Å². The van der Waals surface area contributed by atoms with Gasteiger partial charge in [-0.15, -0.1) is 0 Å². The summed E-state index contributed by atoms with van der Waals surface area (Å²) in [6.07, 6.45) is 0. The lowest BCUT2D eigenvalue weighted by atomic mass is 10.2. The van der Waals surface area contributed by atoms with E-state index in [2.05, 4.69) is 15.9 Å². The molecule has 2 N–H and O–H groups in total. The van der Waals surface area contributed by atoms with E-state index in [4.69, 9.17) is 21.5 Å². The number of nitrogens with two attached hydrogens (primary N) is 1. The van der Waals surface area contributed by atoms with Crippen molar-refractivity contribution in [3.63, 3.8) is 0 Å². The Kier molecular flexibility index (Phi) is 6.61. The van der Waals surface area contributed by atoms with Gasteiger partial charge >= 0.3 is 0 Å². The summed E-state index contributed by atoms with van der Waals surface area (Å²) in [7, 11) is -2.35. The Morgan fingerprint density at radius 2 is 2.10 bits per heavy atom. The summed E-state index contributed by atoms with van der Waals surface area (Å²) in [6.45, 7) is 3.15. The van der Waals surface area contributed by atoms with E-state index in [1.165, 1.54) is 17.0 Å². The zero-order valence-electron chi connectivity index (χ0n) is 11.6. The predicted octanol–water partition coefficient (Wildman–Crippen LogP) is 1.86. The standard InChI is InChI=1S/C12H16BrClN2O4S/c1-3-20-5-4-16(2)12(17)9-6-8(21(15,18)19)7-10(13)11(9)14/h6-7H,3-5H2,1-2H3,(H2,15,18,19). The van der Waals surface area contributed by atoms with Gasteiger partial charge in [-0.05, 0) is 35.0 Å². The topological polar surface area (TPSA) is 89.7 Å². The molecule has 0 spiro atoms. The lowest BCUT2D eigenvalue weighted by Crippen LogP contribution is -2.30. The summed E-state index contributed by atoms with van der Waals surface area (Å²) < 4.78 is 28.3. The fourth-order valence-corrected chi connectivity index (χ4v) is 2.90. The van der Waals surface area contributed by atoms with Gasteiger partial charge in [-0.1, -0.05) is 11.6 Å². The molecule has 0 aromatic heterocycles. The van der Waals surface area contributed by atoms with Crippen LogP contribution in [-0.4, -0.2) is 46.0 Å². The summed E-state index contributed by atoms with van der Waals surface area (Å²) in [5.74, 6) is -0.411. The fourth-order valence-electron chi connectivity index (χ4n) is 1.54. The summed E-state index contributed by atoms with van der Waals surface area (Å²) in [5, 5.41) is 5.22. The molecule has 118 valence electrons. The van der Waals surface area contributed by atoms with Gasteiger partial charge in [0.2, 0.25) is 10.0 Å². The molecule has 0 aliphatic carbocycles. The number of rotatable bonds is 6. The second-order valence-corrected chi connectivity index (χ2v) is 7.03. The molecule has 21 heavy (non-hydrogen) atoms. The summed E-state index contributed by atoms with van der Waals surface area (Å²) in [4.78, 5) is 13.5. The quantitative estimate of drug-likeness (QED) is 0.739. The molecule has 0 aliphatic rings. The van der Waals surface area contributed by atoms with E-state index in [0.717, 1.165) is 0 Å². The molecule has 0 unspecified atom stereocenters. The van der Waals surface area contributed by atoms with Crippen LogP contribution in [0.15, 0.2) is 21.5 Å². The van der Waals surface area contributed by atoms with Gasteiger partial charge in [0.1, 0.15) is 0 Å². The van der Waals surface area contributed by atoms with E-state index in [9.17, 15) is 13.2 Å². The molecule has 0 atom stereocenters. The van der Waals surface area contributed by atoms with Crippen LogP contribution in [0.3, 0.4) is 0 Å². The van der Waals surface area contributed by atoms with Crippen LogP contribution in [0.5, 0.6) is 0 Å². The third kappa shape index (κ3) is 4.93. The highest BCUT2D eigenvalue weighted by molar-refractivity contribution is 9.10. The number of benzene rings is 1. The van der Waals surface area contributed by atoms with Crippen LogP contribution >= 0.6 is 27.5 Å². The van der Waals surface area contributed by atoms with E-state index in [1.807, 2.05) is 6.92 Å². The highest BCUT2D eigenvalue weighted by Crippen LogP contribution is 2.30. The first kappa shape index (κ1) is 18.4. The maximum atomic E-state index is 12.3. The lowest BCUT2D eigenvalue weighted by Gasteiger charge is -2.18. The van der Waals surface area contributed by atoms with Crippen LogP contribution in [0.2, 0.25) is 5.02 Å². The number of hydrogen-bond donors (Lipinski definition) is 1. The first-order valence-electron chi connectivity index (χ1n) is 6.03. The van der Waals surface area contributed by atoms with Gasteiger partial charge < -0.3 is 9.64 Å². The maximum absolute atomic E-state index is 12.3. The number of halogens is 2. The Bertz CT molecular complexity index is 636. The minimum atomic E-state index is -3.93. The third-order valence-electron chi connectivity index (χ3n) is 2.68. The zero-order valence-corrected chi connectivity index (χ0v) is 14.8. The van der Waals surface area contributed by atoms with Crippen molar-refractivity contribution in [2.24, 2.45) is 5.14 Å². The number of carbonyl (C=O) groups excluding carboxylic acids is 1. The van der Waals surface area contributed by atoms with Crippen molar-refractivity contribution in [1.82, 2.24) is 4.90 Å². The SMILES string of the molecule is CCOCCN(C)C(=O)c1cc(S(N)(=O)=O)cc(Br)c1Cl. The smallest absolute Gasteiger partial charge is 0.255 e. The zero-order chi connectivity index (χ0) is 16.2. The van der Waals surface area contributed by atoms with Gasteiger partial charge in [-0.3, -0.25) is 4.79 Å². The number of primary sulfonamides is 1. The number of amides is 1. The molecular formula is C12H16BrClN2O4S. The third-order valence-corrected chi connectivity index (χ3v) is 4.84. The van der Waals surface area contributed by atoms with Gasteiger partial charge in [-0.2, -0.15) is 0 Å². The first-order valence-corrected chi connectivity index (χ1v) is 8.75. The van der Waals surface area contributed by atoms with Crippen molar-refractivity contribution in [2.45, 2.75) is 11.8 Å². The summed E-state index contributed by atoms with van der Waals surface area (Å²) >= 11 is 9.18. The second kappa shape index (κ2) is 7.55. The molecule has 1 rings (SSSR count). The van der Waals surface area contributed by atoms with Crippen LogP contribution in [0, 0.1) is 0 Å². The van der Waals surface area contributed by atoms with Crippen molar-refractivity contribution in [2.75, 3.05) is 26.8 Å². The number of ether oxygens (including phenoxy) is 1. The van der Waals surface area contributed by atoms with Crippen molar-refractivity contribution in [3.05, 3.63) is 27.2 Å². The molecule has 0 heterocycles. The Morgan fingerprint density at radius 1 is 1.48 bits per heavy atom. The summed E-state index contributed by atoms with van der Waals surface area (Å²) in [6, 6.07) is 2.43. The van der Waals surface area contributed by atoms with Gasteiger partial charge in [0, 0.05) is 24.7 Å². The van der Waals surface area contributed by atoms with Crippen LogP contribution in [-0.2, 0) is 14.8 Å². The monoisotopic (exact) mass is 398 g/mol. The molecule has 1 aromatic rings. The number of likely N-dealkylation sites (N-methyl/N-ethyl adjacent to an activating group) is 1. The molecule has 1 aromatic carbocycles. The largest absolute Gasteiger partial charge is 0.380 e. The van der Waals surface area contributed by atoms with E-state index in [-0.39, 0.29) is 20.0 Å². The lowest BCUT2D eigenvalue weighted by molar-refractivity contribution is 0.0710. The minimum Gasteiger partial charge on any atom is -0.380 e. The number of hydrogen-bond acceptors (Lipinski definition) is 4. The van der Waals surface area contributed by atoms with E-state index >= 15 is 0 Å². The molecule has 0 fully saturated rings. The normalized spacial score (nSPS) is 11.5. The fraction of sp³-hybridized carbons (Fsp3) is 0.417. The van der Waals surface area contributed by atoms with Crippen LogP contribution < -0.4 is 5.14 Å². The van der Waals surface area contributed by atoms with Crippen LogP contribution in [0.4, 0.5) is 0 Å². The Balaban J connectivity index is 3.11. The van der Waals surface area contributed by atoms with E-state index < -0.39 is 15.9 Å². The molecule has 0 aliphatic heterocycles. The molecule has 9 heteroatoms. The molecule has 0 bridgehead atoms. The molecule has 6 nitrogen and oxygen atoms in total. The Labute approximate surface area is 137 Å². The van der Waals surface area contributed by atoms with Gasteiger partial charge in [-0.25, -0.2) is 13.6 Å². The average Bonchev–Trinajstić information content (AvgIpc) is 2.39. The summed E-state index contributed by atoms with van der Waals surface area (Å²) in [5.41, 5.74) is 0.0639. The highest BCUT2D eigenvalue weighted by atomic mass is 79.9. The molecule has 0 saturated heterocycles. The molecule has 0 saturated carbocycles. The molecular weight excluding hydrogens is 384 g/mol. The average molecular weight is 400 g/mol. The molecule has 0 radical (unpaired) electrons. The van der Waals surface area contributed by atoms with Crippen molar-refractivity contribution in [3.8, 4) is 0 Å². The minimum absolute atomic E-state index is 0.0639. The Morgan fingerprint density at radius 3 is 2.62 bits per heavy atom. The van der Waals surface area contributed by atoms with E-state index in [0.29, 0.717) is 19.8 Å². The predicted molar refractivity (Wildman–Crippen MR) is 84.0 cm³/mol. The van der Waals surface area contributed by atoms with Crippen LogP contribution in [0.25, 0.3) is 0 Å². The number of sulfonamides is 1. The van der Waals surface area contributed by atoms with Gasteiger partial charge in [0.15, 0.2) is 0 Å². The van der Waals surface area contributed by atoms with E-state index in [1.54, 1.807) is 7.05 Å². The van der Waals surface area contributed by atoms with Crippen molar-refractivity contribution < 1.29 is 17.9 Å². The number of carbonyl (C=O) groups is 1. The molecule has 1 amide bonds. The highest BCUT2D eigenvalue weighted by Gasteiger charge is 2.21. The van der Waals surface area contributed by atoms with Gasteiger partial charge in [0.25, 0.3) is 5.91 Å². The maximum Gasteiger partial charge on any atom is 0.255 e. The van der Waals surface area contributed by atoms with Crippen LogP contribution in [0.1, 0.15) is 17.3 Å². The van der Waals surface area contributed by atoms with Crippen molar-refractivity contribution in [1.29, 1.82) is 0 Å². The second-order valence-electron chi connectivity index (χ2n) is 4.24. The van der Waals surface area contributed by atoms with Crippen molar-refractivity contribution >= 4 is 43.5 Å². The number of nitrogens with zero attached hydrogens (tertiary/aromatic N) is 1. The first-order chi connectivity index (χ1) is 9.68. The Hall–Kier alpha value is -0.670.